The Morgan fingerprint density at radius 2 is 1.96 bits per heavy atom. The number of nitrogens with two attached hydrogens (primary N) is 1. The van der Waals surface area contributed by atoms with Crippen LogP contribution >= 0.6 is 11.6 Å². The van der Waals surface area contributed by atoms with Gasteiger partial charge in [0.1, 0.15) is 29.1 Å². The Labute approximate surface area is 168 Å². The van der Waals surface area contributed by atoms with Gasteiger partial charge in [-0.2, -0.15) is 0 Å². The summed E-state index contributed by atoms with van der Waals surface area (Å²) in [5, 5.41) is 8.67. The predicted octanol–water partition coefficient (Wildman–Crippen LogP) is 3.41. The fraction of sp³-hybridized carbons (Fsp3) is 0.350. The molecule has 0 spiro atoms. The van der Waals surface area contributed by atoms with E-state index in [0.29, 0.717) is 28.4 Å². The lowest BCUT2D eigenvalue weighted by atomic mass is 10.0. The lowest BCUT2D eigenvalue weighted by Crippen LogP contribution is -2.25. The number of hydrogen-bond donors (Lipinski definition) is 1. The van der Waals surface area contributed by atoms with Crippen LogP contribution in [0.3, 0.4) is 0 Å². The van der Waals surface area contributed by atoms with Crippen LogP contribution in [0.2, 0.25) is 5.02 Å². The molecule has 2 N–H and O–H groups in total. The minimum absolute atomic E-state index is 0.115. The van der Waals surface area contributed by atoms with Crippen LogP contribution < -0.4 is 15.2 Å². The molecule has 2 heterocycles. The van der Waals surface area contributed by atoms with Crippen molar-refractivity contribution in [2.75, 3.05) is 39.1 Å². The summed E-state index contributed by atoms with van der Waals surface area (Å²) in [4.78, 5) is 6.72. The Kier molecular flexibility index (Phi) is 5.45. The Balaban J connectivity index is 1.70. The van der Waals surface area contributed by atoms with Gasteiger partial charge in [0.25, 0.3) is 0 Å². The lowest BCUT2D eigenvalue weighted by Gasteiger charge is -2.16. The Morgan fingerprint density at radius 3 is 2.75 bits per heavy atom. The van der Waals surface area contributed by atoms with Gasteiger partial charge in [-0.3, -0.25) is 4.90 Å². The topological polar surface area (TPSA) is 86.4 Å². The second-order valence-corrected chi connectivity index (χ2v) is 7.16. The number of benzene rings is 2. The smallest absolute Gasteiger partial charge is 0.240 e. The molecule has 0 unspecified atom stereocenters. The molecule has 28 heavy (non-hydrogen) atoms. The number of hydrogen-bond acceptors (Lipinski definition) is 7. The van der Waals surface area contributed by atoms with Crippen LogP contribution in [0.25, 0.3) is 22.2 Å². The van der Waals surface area contributed by atoms with Crippen molar-refractivity contribution in [3.05, 3.63) is 35.4 Å². The standard InChI is InChI=1S/C20H22ClN5O2/c1-27-14-4-5-16(21)15(12-14)13-10-17-19(23-20(22)25-24-17)18(11-13)28-9-8-26-6-2-3-7-26/h4-5,10-12H,2-3,6-9H2,1H3,(H2,22,23,25). The van der Waals surface area contributed by atoms with Crippen molar-refractivity contribution in [1.29, 1.82) is 0 Å². The van der Waals surface area contributed by atoms with Gasteiger partial charge in [-0.05, 0) is 61.8 Å². The lowest BCUT2D eigenvalue weighted by molar-refractivity contribution is 0.239. The minimum atomic E-state index is 0.115. The van der Waals surface area contributed by atoms with E-state index >= 15 is 0 Å². The van der Waals surface area contributed by atoms with Gasteiger partial charge in [0.05, 0.1) is 7.11 Å². The van der Waals surface area contributed by atoms with Crippen LogP contribution in [-0.4, -0.2) is 53.4 Å². The summed E-state index contributed by atoms with van der Waals surface area (Å²) < 4.78 is 11.4. The number of nitrogen functional groups attached to an aromatic ring is 1. The molecule has 0 aliphatic carbocycles. The highest BCUT2D eigenvalue weighted by Crippen LogP contribution is 2.36. The highest BCUT2D eigenvalue weighted by Gasteiger charge is 2.15. The zero-order valence-electron chi connectivity index (χ0n) is 15.7. The Morgan fingerprint density at radius 1 is 1.14 bits per heavy atom. The molecule has 0 amide bonds. The average molecular weight is 400 g/mol. The Hall–Kier alpha value is -2.64. The summed E-state index contributed by atoms with van der Waals surface area (Å²) >= 11 is 6.43. The molecule has 1 aliphatic rings. The third kappa shape index (κ3) is 3.95. The highest BCUT2D eigenvalue weighted by atomic mass is 35.5. The molecule has 0 radical (unpaired) electrons. The quantitative estimate of drug-likeness (QED) is 0.679. The molecule has 0 saturated carbocycles. The molecule has 1 aromatic heterocycles. The number of ether oxygens (including phenoxy) is 2. The number of halogens is 1. The first-order valence-corrected chi connectivity index (χ1v) is 9.65. The molecule has 3 aromatic rings. The highest BCUT2D eigenvalue weighted by molar-refractivity contribution is 6.33. The normalized spacial score (nSPS) is 14.5. The van der Waals surface area contributed by atoms with E-state index in [9.17, 15) is 0 Å². The molecule has 146 valence electrons. The van der Waals surface area contributed by atoms with Crippen LogP contribution in [0.4, 0.5) is 5.95 Å². The van der Waals surface area contributed by atoms with E-state index in [1.54, 1.807) is 13.2 Å². The van der Waals surface area contributed by atoms with Crippen LogP contribution in [-0.2, 0) is 0 Å². The summed E-state index contributed by atoms with van der Waals surface area (Å²) in [6.45, 7) is 3.69. The van der Waals surface area contributed by atoms with E-state index in [1.807, 2.05) is 24.3 Å². The second kappa shape index (κ2) is 8.16. The number of methoxy groups -OCH3 is 1. The van der Waals surface area contributed by atoms with Crippen molar-refractivity contribution in [2.45, 2.75) is 12.8 Å². The van der Waals surface area contributed by atoms with Crippen molar-refractivity contribution in [1.82, 2.24) is 20.1 Å². The molecule has 7 nitrogen and oxygen atoms in total. The molecule has 0 bridgehead atoms. The van der Waals surface area contributed by atoms with Gasteiger partial charge in [-0.25, -0.2) is 4.98 Å². The van der Waals surface area contributed by atoms with Crippen LogP contribution in [0.1, 0.15) is 12.8 Å². The molecule has 2 aromatic carbocycles. The zero-order chi connectivity index (χ0) is 19.5. The Bertz CT molecular complexity index is 992. The van der Waals surface area contributed by atoms with Gasteiger partial charge in [0.15, 0.2) is 0 Å². The van der Waals surface area contributed by atoms with Gasteiger partial charge >= 0.3 is 0 Å². The van der Waals surface area contributed by atoms with Crippen molar-refractivity contribution in [3.63, 3.8) is 0 Å². The maximum atomic E-state index is 6.43. The number of nitrogens with zero attached hydrogens (tertiary/aromatic N) is 4. The van der Waals surface area contributed by atoms with Crippen LogP contribution in [0.5, 0.6) is 11.5 Å². The molecule has 1 aliphatic heterocycles. The second-order valence-electron chi connectivity index (χ2n) is 6.76. The summed E-state index contributed by atoms with van der Waals surface area (Å²) in [5.41, 5.74) is 8.62. The molecular weight excluding hydrogens is 378 g/mol. The van der Waals surface area contributed by atoms with E-state index < -0.39 is 0 Å². The first kappa shape index (κ1) is 18.7. The first-order chi connectivity index (χ1) is 13.6. The van der Waals surface area contributed by atoms with Crippen molar-refractivity contribution >= 4 is 28.6 Å². The van der Waals surface area contributed by atoms with E-state index in [1.165, 1.54) is 12.8 Å². The van der Waals surface area contributed by atoms with Gasteiger partial charge in [0.2, 0.25) is 5.95 Å². The summed E-state index contributed by atoms with van der Waals surface area (Å²) in [5.74, 6) is 1.45. The zero-order valence-corrected chi connectivity index (χ0v) is 16.4. The number of fused-ring (bicyclic) bond motifs is 1. The molecule has 1 fully saturated rings. The molecule has 8 heteroatoms. The van der Waals surface area contributed by atoms with Gasteiger partial charge in [0, 0.05) is 17.1 Å². The van der Waals surface area contributed by atoms with Crippen molar-refractivity contribution in [3.8, 4) is 22.6 Å². The fourth-order valence-corrected chi connectivity index (χ4v) is 3.66. The van der Waals surface area contributed by atoms with Crippen molar-refractivity contribution in [2.24, 2.45) is 0 Å². The summed E-state index contributed by atoms with van der Waals surface area (Å²) in [6, 6.07) is 9.31. The molecule has 4 rings (SSSR count). The number of aromatic nitrogens is 3. The average Bonchev–Trinajstić information content (AvgIpc) is 3.22. The molecule has 1 saturated heterocycles. The fourth-order valence-electron chi connectivity index (χ4n) is 3.43. The van der Waals surface area contributed by atoms with Crippen LogP contribution in [0, 0.1) is 0 Å². The maximum absolute atomic E-state index is 6.43. The van der Waals surface area contributed by atoms with E-state index in [2.05, 4.69) is 20.1 Å². The minimum Gasteiger partial charge on any atom is -0.497 e. The third-order valence-corrected chi connectivity index (χ3v) is 5.22. The third-order valence-electron chi connectivity index (χ3n) is 4.89. The predicted molar refractivity (Wildman–Crippen MR) is 110 cm³/mol. The number of likely N-dealkylation sites (tertiary alicyclic amines) is 1. The maximum Gasteiger partial charge on any atom is 0.240 e. The van der Waals surface area contributed by atoms with Crippen LogP contribution in [0.15, 0.2) is 30.3 Å². The van der Waals surface area contributed by atoms with Gasteiger partial charge in [-0.1, -0.05) is 11.6 Å². The van der Waals surface area contributed by atoms with Crippen molar-refractivity contribution < 1.29 is 9.47 Å². The van der Waals surface area contributed by atoms with E-state index in [0.717, 1.165) is 36.5 Å². The monoisotopic (exact) mass is 399 g/mol. The largest absolute Gasteiger partial charge is 0.497 e. The SMILES string of the molecule is COc1ccc(Cl)c(-c2cc(OCCN3CCCC3)c3nc(N)nnc3c2)c1. The summed E-state index contributed by atoms with van der Waals surface area (Å²) in [7, 11) is 1.62. The molecular formula is C20H22ClN5O2. The summed E-state index contributed by atoms with van der Waals surface area (Å²) in [6.07, 6.45) is 2.50. The van der Waals surface area contributed by atoms with Gasteiger partial charge in [-0.15, -0.1) is 10.2 Å². The number of anilines is 1. The van der Waals surface area contributed by atoms with E-state index in [4.69, 9.17) is 26.8 Å². The van der Waals surface area contributed by atoms with Gasteiger partial charge < -0.3 is 15.2 Å². The van der Waals surface area contributed by atoms with E-state index in [-0.39, 0.29) is 5.95 Å². The number of rotatable bonds is 6. The molecule has 0 atom stereocenters. The first-order valence-electron chi connectivity index (χ1n) is 9.27.